The van der Waals surface area contributed by atoms with Crippen LogP contribution >= 0.6 is 0 Å². The minimum absolute atomic E-state index is 0.0387. The molecule has 0 aromatic heterocycles. The van der Waals surface area contributed by atoms with Gasteiger partial charge in [0.15, 0.2) is 0 Å². The summed E-state index contributed by atoms with van der Waals surface area (Å²) in [4.78, 5) is 24.2. The molecule has 2 aliphatic rings. The van der Waals surface area contributed by atoms with E-state index in [0.717, 1.165) is 12.8 Å². The zero-order valence-electron chi connectivity index (χ0n) is 13.7. The summed E-state index contributed by atoms with van der Waals surface area (Å²) < 4.78 is 5.60. The number of nitrogens with one attached hydrogen (secondary N) is 1. The van der Waals surface area contributed by atoms with E-state index in [1.54, 1.807) is 0 Å². The van der Waals surface area contributed by atoms with Gasteiger partial charge in [-0.15, -0.1) is 0 Å². The van der Waals surface area contributed by atoms with Crippen molar-refractivity contribution in [3.63, 3.8) is 0 Å². The Morgan fingerprint density at radius 1 is 1.24 bits per heavy atom. The molecule has 0 spiro atoms. The predicted octanol–water partition coefficient (Wildman–Crippen LogP) is 2.20. The minimum Gasteiger partial charge on any atom is -0.479 e. The third-order valence-electron chi connectivity index (χ3n) is 5.94. The number of carboxylic acid groups (broad SMARTS) is 1. The van der Waals surface area contributed by atoms with Crippen molar-refractivity contribution in [1.82, 2.24) is 5.32 Å². The van der Waals surface area contributed by atoms with Gasteiger partial charge in [0.05, 0.1) is 6.10 Å². The van der Waals surface area contributed by atoms with Gasteiger partial charge in [0.1, 0.15) is 5.54 Å². The molecule has 21 heavy (non-hydrogen) atoms. The predicted molar refractivity (Wildman–Crippen MR) is 78.8 cm³/mol. The standard InChI is InChI=1S/C16H27NO4/c1-6-15(5)8-10(15)12(18)17-16(13(19)20)9-11(21-7-2)14(16,3)4/h10-11H,6-9H2,1-5H3,(H,17,18)(H,19,20). The van der Waals surface area contributed by atoms with Crippen LogP contribution in [0.4, 0.5) is 0 Å². The fourth-order valence-electron chi connectivity index (χ4n) is 3.54. The topological polar surface area (TPSA) is 75.6 Å². The highest BCUT2D eigenvalue weighted by Gasteiger charge is 2.67. The van der Waals surface area contributed by atoms with Crippen LogP contribution in [0, 0.1) is 16.7 Å². The lowest BCUT2D eigenvalue weighted by molar-refractivity contribution is -0.195. The number of aliphatic carboxylic acids is 1. The summed E-state index contributed by atoms with van der Waals surface area (Å²) in [7, 11) is 0. The molecule has 5 nitrogen and oxygen atoms in total. The molecule has 5 heteroatoms. The number of hydrogen-bond acceptors (Lipinski definition) is 3. The monoisotopic (exact) mass is 297 g/mol. The van der Waals surface area contributed by atoms with Crippen LogP contribution in [-0.2, 0) is 14.3 Å². The number of hydrogen-bond donors (Lipinski definition) is 2. The molecule has 0 bridgehead atoms. The molecule has 0 aromatic rings. The van der Waals surface area contributed by atoms with E-state index in [1.807, 2.05) is 20.8 Å². The van der Waals surface area contributed by atoms with Gasteiger partial charge in [-0.2, -0.15) is 0 Å². The second kappa shape index (κ2) is 4.97. The summed E-state index contributed by atoms with van der Waals surface area (Å²) in [5.74, 6) is -1.14. The first-order valence-electron chi connectivity index (χ1n) is 7.81. The third-order valence-corrected chi connectivity index (χ3v) is 5.94. The van der Waals surface area contributed by atoms with Crippen molar-refractivity contribution >= 4 is 11.9 Å². The second-order valence-corrected chi connectivity index (χ2v) is 7.33. The first-order valence-corrected chi connectivity index (χ1v) is 7.81. The maximum absolute atomic E-state index is 12.4. The molecule has 2 fully saturated rings. The van der Waals surface area contributed by atoms with Crippen LogP contribution in [0.1, 0.15) is 53.9 Å². The number of carbonyl (C=O) groups excluding carboxylic acids is 1. The molecule has 2 saturated carbocycles. The number of carbonyl (C=O) groups is 2. The Balaban J connectivity index is 2.12. The first kappa shape index (κ1) is 16.3. The van der Waals surface area contributed by atoms with Gasteiger partial charge < -0.3 is 15.2 Å². The van der Waals surface area contributed by atoms with Gasteiger partial charge in [0.2, 0.25) is 5.91 Å². The highest BCUT2D eigenvalue weighted by Crippen LogP contribution is 2.56. The van der Waals surface area contributed by atoms with Crippen molar-refractivity contribution < 1.29 is 19.4 Å². The smallest absolute Gasteiger partial charge is 0.330 e. The van der Waals surface area contributed by atoms with Crippen molar-refractivity contribution in [2.24, 2.45) is 16.7 Å². The van der Waals surface area contributed by atoms with Crippen LogP contribution in [0.5, 0.6) is 0 Å². The highest BCUT2D eigenvalue weighted by atomic mass is 16.5. The van der Waals surface area contributed by atoms with Gasteiger partial charge in [-0.1, -0.05) is 27.7 Å². The summed E-state index contributed by atoms with van der Waals surface area (Å²) in [6.45, 7) is 10.3. The molecule has 2 N–H and O–H groups in total. The van der Waals surface area contributed by atoms with Gasteiger partial charge >= 0.3 is 5.97 Å². The Bertz CT molecular complexity index is 461. The third kappa shape index (κ3) is 2.26. The molecule has 2 aliphatic carbocycles. The average Bonchev–Trinajstić information content (AvgIpc) is 3.10. The Labute approximate surface area is 126 Å². The van der Waals surface area contributed by atoms with Gasteiger partial charge in [-0.25, -0.2) is 4.79 Å². The lowest BCUT2D eigenvalue weighted by Crippen LogP contribution is -2.76. The average molecular weight is 297 g/mol. The summed E-state index contributed by atoms with van der Waals surface area (Å²) in [5, 5.41) is 12.5. The Kier molecular flexibility index (Phi) is 3.85. The zero-order valence-corrected chi connectivity index (χ0v) is 13.7. The van der Waals surface area contributed by atoms with Crippen molar-refractivity contribution in [2.45, 2.75) is 65.5 Å². The van der Waals surface area contributed by atoms with Crippen LogP contribution in [-0.4, -0.2) is 35.2 Å². The highest BCUT2D eigenvalue weighted by molar-refractivity contribution is 5.91. The Morgan fingerprint density at radius 3 is 2.24 bits per heavy atom. The van der Waals surface area contributed by atoms with Gasteiger partial charge in [-0.3, -0.25) is 4.79 Å². The molecule has 0 saturated heterocycles. The number of ether oxygens (including phenoxy) is 1. The second-order valence-electron chi connectivity index (χ2n) is 7.33. The van der Waals surface area contributed by atoms with Gasteiger partial charge in [-0.05, 0) is 25.2 Å². The fourth-order valence-corrected chi connectivity index (χ4v) is 3.54. The van der Waals surface area contributed by atoms with E-state index in [4.69, 9.17) is 4.74 Å². The molecule has 4 atom stereocenters. The van der Waals surface area contributed by atoms with E-state index in [2.05, 4.69) is 19.2 Å². The van der Waals surface area contributed by atoms with E-state index < -0.39 is 16.9 Å². The van der Waals surface area contributed by atoms with E-state index in [-0.39, 0.29) is 23.3 Å². The lowest BCUT2D eigenvalue weighted by Gasteiger charge is -2.58. The molecule has 0 heterocycles. The lowest BCUT2D eigenvalue weighted by atomic mass is 9.54. The van der Waals surface area contributed by atoms with Gasteiger partial charge in [0.25, 0.3) is 0 Å². The Hall–Kier alpha value is -1.10. The maximum atomic E-state index is 12.4. The maximum Gasteiger partial charge on any atom is 0.330 e. The van der Waals surface area contributed by atoms with Crippen molar-refractivity contribution in [3.05, 3.63) is 0 Å². The van der Waals surface area contributed by atoms with Gasteiger partial charge in [0, 0.05) is 24.4 Å². The largest absolute Gasteiger partial charge is 0.479 e. The Morgan fingerprint density at radius 2 is 1.86 bits per heavy atom. The quantitative estimate of drug-likeness (QED) is 0.788. The van der Waals surface area contributed by atoms with Crippen molar-refractivity contribution in [2.75, 3.05) is 6.61 Å². The number of amides is 1. The van der Waals surface area contributed by atoms with Crippen LogP contribution in [0.25, 0.3) is 0 Å². The molecule has 2 rings (SSSR count). The first-order chi connectivity index (χ1) is 9.64. The normalized spacial score (nSPS) is 40.2. The number of rotatable bonds is 6. The SMILES string of the molecule is CCOC1CC(NC(=O)C2CC2(C)CC)(C(=O)O)C1(C)C. The van der Waals surface area contributed by atoms with Crippen LogP contribution < -0.4 is 5.32 Å². The fraction of sp³-hybridized carbons (Fsp3) is 0.875. The van der Waals surface area contributed by atoms with Crippen LogP contribution in [0.15, 0.2) is 0 Å². The van der Waals surface area contributed by atoms with Crippen LogP contribution in [0.3, 0.4) is 0 Å². The minimum atomic E-state index is -1.21. The van der Waals surface area contributed by atoms with E-state index in [0.29, 0.717) is 13.0 Å². The summed E-state index contributed by atoms with van der Waals surface area (Å²) in [6, 6.07) is 0. The van der Waals surface area contributed by atoms with Crippen LogP contribution in [0.2, 0.25) is 0 Å². The van der Waals surface area contributed by atoms with Crippen molar-refractivity contribution in [1.29, 1.82) is 0 Å². The number of carboxylic acids is 1. The molecule has 120 valence electrons. The van der Waals surface area contributed by atoms with E-state index in [9.17, 15) is 14.7 Å². The molecular weight excluding hydrogens is 270 g/mol. The summed E-state index contributed by atoms with van der Waals surface area (Å²) >= 11 is 0. The van der Waals surface area contributed by atoms with E-state index in [1.165, 1.54) is 0 Å². The molecule has 0 aliphatic heterocycles. The van der Waals surface area contributed by atoms with Crippen molar-refractivity contribution in [3.8, 4) is 0 Å². The molecule has 1 amide bonds. The zero-order chi connectivity index (χ0) is 16.1. The summed E-state index contributed by atoms with van der Waals surface area (Å²) in [5.41, 5.74) is -1.78. The molecular formula is C16H27NO4. The molecule has 4 unspecified atom stereocenters. The van der Waals surface area contributed by atoms with E-state index >= 15 is 0 Å². The molecule has 0 aromatic carbocycles. The molecule has 0 radical (unpaired) electrons. The summed E-state index contributed by atoms with van der Waals surface area (Å²) in [6.07, 6.45) is 2.00.